The van der Waals surface area contributed by atoms with Crippen molar-refractivity contribution < 1.29 is 9.13 Å². The molecule has 0 saturated carbocycles. The molecule has 5 heteroatoms. The van der Waals surface area contributed by atoms with Gasteiger partial charge in [0.2, 0.25) is 0 Å². The maximum Gasteiger partial charge on any atom is 0.127 e. The van der Waals surface area contributed by atoms with Gasteiger partial charge in [-0.1, -0.05) is 0 Å². The van der Waals surface area contributed by atoms with E-state index in [0.717, 1.165) is 38.3 Å². The summed E-state index contributed by atoms with van der Waals surface area (Å²) in [6.07, 6.45) is 0.659. The second kappa shape index (κ2) is 7.73. The maximum absolute atomic E-state index is 13.6. The zero-order valence-electron chi connectivity index (χ0n) is 13.0. The molecule has 0 spiro atoms. The van der Waals surface area contributed by atoms with Crippen LogP contribution in [0.15, 0.2) is 18.2 Å². The molecular formula is C16H26FN3O. The van der Waals surface area contributed by atoms with Crippen LogP contribution in [0.1, 0.15) is 12.5 Å². The Labute approximate surface area is 126 Å². The number of ether oxygens (including phenoxy) is 1. The first-order valence-electron chi connectivity index (χ1n) is 7.61. The standard InChI is InChI=1S/C16H26FN3O/c1-13(18)9-14-10-15(17)12-16(11-14)21-8-7-20-5-3-19(2)4-6-20/h10-13H,3-9,18H2,1-2H3. The van der Waals surface area contributed by atoms with Crippen molar-refractivity contribution in [1.29, 1.82) is 0 Å². The highest BCUT2D eigenvalue weighted by Gasteiger charge is 2.13. The van der Waals surface area contributed by atoms with Crippen LogP contribution >= 0.6 is 0 Å². The van der Waals surface area contributed by atoms with Crippen molar-refractivity contribution in [3.8, 4) is 5.75 Å². The highest BCUT2D eigenvalue weighted by atomic mass is 19.1. The largest absolute Gasteiger partial charge is 0.492 e. The smallest absolute Gasteiger partial charge is 0.127 e. The van der Waals surface area contributed by atoms with Crippen molar-refractivity contribution in [1.82, 2.24) is 9.80 Å². The lowest BCUT2D eigenvalue weighted by molar-refractivity contribution is 0.133. The molecular weight excluding hydrogens is 269 g/mol. The van der Waals surface area contributed by atoms with Crippen LogP contribution in [0, 0.1) is 5.82 Å². The highest BCUT2D eigenvalue weighted by molar-refractivity contribution is 5.30. The van der Waals surface area contributed by atoms with Gasteiger partial charge in [-0.15, -0.1) is 0 Å². The van der Waals surface area contributed by atoms with E-state index in [-0.39, 0.29) is 11.9 Å². The minimum Gasteiger partial charge on any atom is -0.492 e. The zero-order chi connectivity index (χ0) is 15.2. The Kier molecular flexibility index (Phi) is 5.96. The second-order valence-corrected chi connectivity index (χ2v) is 5.97. The molecule has 0 amide bonds. The molecule has 118 valence electrons. The van der Waals surface area contributed by atoms with E-state index in [1.54, 1.807) is 0 Å². The van der Waals surface area contributed by atoms with Crippen molar-refractivity contribution >= 4 is 0 Å². The monoisotopic (exact) mass is 295 g/mol. The van der Waals surface area contributed by atoms with Crippen LogP contribution in [0.3, 0.4) is 0 Å². The van der Waals surface area contributed by atoms with Gasteiger partial charge in [0.05, 0.1) is 0 Å². The van der Waals surface area contributed by atoms with Gasteiger partial charge in [0.15, 0.2) is 0 Å². The number of nitrogens with two attached hydrogens (primary N) is 1. The van der Waals surface area contributed by atoms with E-state index >= 15 is 0 Å². The van der Waals surface area contributed by atoms with Gasteiger partial charge in [-0.25, -0.2) is 4.39 Å². The van der Waals surface area contributed by atoms with Crippen LogP contribution in [0.25, 0.3) is 0 Å². The average molecular weight is 295 g/mol. The molecule has 1 aromatic rings. The van der Waals surface area contributed by atoms with Crippen LogP contribution in [0.2, 0.25) is 0 Å². The topological polar surface area (TPSA) is 41.7 Å². The van der Waals surface area contributed by atoms with E-state index in [0.29, 0.717) is 18.8 Å². The van der Waals surface area contributed by atoms with Crippen LogP contribution in [0.5, 0.6) is 5.75 Å². The van der Waals surface area contributed by atoms with E-state index in [2.05, 4.69) is 16.8 Å². The third-order valence-electron chi connectivity index (χ3n) is 3.76. The molecule has 1 aliphatic rings. The zero-order valence-corrected chi connectivity index (χ0v) is 13.0. The molecule has 1 unspecified atom stereocenters. The van der Waals surface area contributed by atoms with Crippen LogP contribution < -0.4 is 10.5 Å². The third kappa shape index (κ3) is 5.61. The normalized spacial score (nSPS) is 18.7. The molecule has 1 atom stereocenters. The fraction of sp³-hybridized carbons (Fsp3) is 0.625. The Morgan fingerprint density at radius 1 is 1.24 bits per heavy atom. The van der Waals surface area contributed by atoms with Crippen molar-refractivity contribution in [2.45, 2.75) is 19.4 Å². The summed E-state index contributed by atoms with van der Waals surface area (Å²) in [6, 6.07) is 4.87. The third-order valence-corrected chi connectivity index (χ3v) is 3.76. The molecule has 0 bridgehead atoms. The Morgan fingerprint density at radius 3 is 2.62 bits per heavy atom. The quantitative estimate of drug-likeness (QED) is 0.860. The summed E-state index contributed by atoms with van der Waals surface area (Å²) in [7, 11) is 2.14. The fourth-order valence-electron chi connectivity index (χ4n) is 2.56. The summed E-state index contributed by atoms with van der Waals surface area (Å²) in [5, 5.41) is 0. The molecule has 0 aliphatic carbocycles. The van der Waals surface area contributed by atoms with Gasteiger partial charge in [-0.05, 0) is 38.1 Å². The Bertz CT molecular complexity index is 445. The molecule has 21 heavy (non-hydrogen) atoms. The number of piperazine rings is 1. The van der Waals surface area contributed by atoms with Crippen LogP contribution in [-0.2, 0) is 6.42 Å². The van der Waals surface area contributed by atoms with Crippen molar-refractivity contribution in [2.24, 2.45) is 5.73 Å². The van der Waals surface area contributed by atoms with Gasteiger partial charge < -0.3 is 15.4 Å². The number of nitrogens with zero attached hydrogens (tertiary/aromatic N) is 2. The van der Waals surface area contributed by atoms with Gasteiger partial charge >= 0.3 is 0 Å². The average Bonchev–Trinajstić information content (AvgIpc) is 2.39. The first-order valence-corrected chi connectivity index (χ1v) is 7.61. The van der Waals surface area contributed by atoms with E-state index in [4.69, 9.17) is 10.5 Å². The molecule has 1 saturated heterocycles. The minimum atomic E-state index is -0.261. The van der Waals surface area contributed by atoms with Gasteiger partial charge in [-0.2, -0.15) is 0 Å². The van der Waals surface area contributed by atoms with Gasteiger partial charge in [0.25, 0.3) is 0 Å². The SMILES string of the molecule is CC(N)Cc1cc(F)cc(OCCN2CCN(C)CC2)c1. The Hall–Kier alpha value is -1.17. The number of hydrogen-bond donors (Lipinski definition) is 1. The lowest BCUT2D eigenvalue weighted by atomic mass is 10.1. The molecule has 1 fully saturated rings. The predicted octanol–water partition coefficient (Wildman–Crippen LogP) is 1.34. The maximum atomic E-state index is 13.6. The summed E-state index contributed by atoms with van der Waals surface area (Å²) in [4.78, 5) is 4.70. The molecule has 1 aliphatic heterocycles. The number of hydrogen-bond acceptors (Lipinski definition) is 4. The molecule has 0 aromatic heterocycles. The van der Waals surface area contributed by atoms with E-state index in [9.17, 15) is 4.39 Å². The van der Waals surface area contributed by atoms with Crippen molar-refractivity contribution in [3.63, 3.8) is 0 Å². The van der Waals surface area contributed by atoms with E-state index < -0.39 is 0 Å². The highest BCUT2D eigenvalue weighted by Crippen LogP contribution is 2.17. The second-order valence-electron chi connectivity index (χ2n) is 5.97. The Morgan fingerprint density at radius 2 is 1.95 bits per heavy atom. The predicted molar refractivity (Wildman–Crippen MR) is 83.2 cm³/mol. The summed E-state index contributed by atoms with van der Waals surface area (Å²) in [5.41, 5.74) is 6.65. The number of likely N-dealkylation sites (N-methyl/N-ethyl adjacent to an activating group) is 1. The molecule has 2 rings (SSSR count). The molecule has 2 N–H and O–H groups in total. The first kappa shape index (κ1) is 16.2. The molecule has 1 aromatic carbocycles. The van der Waals surface area contributed by atoms with Crippen molar-refractivity contribution in [3.05, 3.63) is 29.6 Å². The summed E-state index contributed by atoms with van der Waals surface area (Å²) < 4.78 is 19.3. The van der Waals surface area contributed by atoms with Gasteiger partial charge in [0, 0.05) is 44.8 Å². The Balaban J connectivity index is 1.81. The summed E-state index contributed by atoms with van der Waals surface area (Å²) >= 11 is 0. The number of halogens is 1. The number of rotatable bonds is 6. The van der Waals surface area contributed by atoms with Crippen LogP contribution in [-0.4, -0.2) is 62.2 Å². The summed E-state index contributed by atoms with van der Waals surface area (Å²) in [6.45, 7) is 7.71. The molecule has 1 heterocycles. The van der Waals surface area contributed by atoms with Gasteiger partial charge in [0.1, 0.15) is 18.2 Å². The van der Waals surface area contributed by atoms with E-state index in [1.807, 2.05) is 13.0 Å². The fourth-order valence-corrected chi connectivity index (χ4v) is 2.56. The molecule has 0 radical (unpaired) electrons. The van der Waals surface area contributed by atoms with Crippen LogP contribution in [0.4, 0.5) is 4.39 Å². The van der Waals surface area contributed by atoms with E-state index in [1.165, 1.54) is 12.1 Å². The lowest BCUT2D eigenvalue weighted by Crippen LogP contribution is -2.45. The summed E-state index contributed by atoms with van der Waals surface area (Å²) in [5.74, 6) is 0.336. The lowest BCUT2D eigenvalue weighted by Gasteiger charge is -2.32. The van der Waals surface area contributed by atoms with Crippen molar-refractivity contribution in [2.75, 3.05) is 46.4 Å². The minimum absolute atomic E-state index is 0.0185. The first-order chi connectivity index (χ1) is 10.0. The number of benzene rings is 1. The molecule has 4 nitrogen and oxygen atoms in total. The van der Waals surface area contributed by atoms with Gasteiger partial charge in [-0.3, -0.25) is 4.90 Å².